The second-order valence-electron chi connectivity index (χ2n) is 16.0. The summed E-state index contributed by atoms with van der Waals surface area (Å²) in [7, 11) is 0. The molecule has 1 heterocycles. The summed E-state index contributed by atoms with van der Waals surface area (Å²) >= 11 is 1.86. The monoisotopic (exact) mass is 786 g/mol. The highest BCUT2D eigenvalue weighted by molar-refractivity contribution is 7.17. The van der Waals surface area contributed by atoms with Gasteiger partial charge in [0.05, 0.1) is 11.4 Å². The van der Waals surface area contributed by atoms with Crippen molar-refractivity contribution >= 4 is 67.4 Å². The molecule has 0 saturated heterocycles. The van der Waals surface area contributed by atoms with Gasteiger partial charge in [0.1, 0.15) is 0 Å². The topological polar surface area (TPSA) is 38.4 Å². The van der Waals surface area contributed by atoms with Crippen molar-refractivity contribution in [2.45, 2.75) is 67.2 Å². The van der Waals surface area contributed by atoms with E-state index in [2.05, 4.69) is 180 Å². The lowest BCUT2D eigenvalue weighted by Gasteiger charge is -2.24. The first-order valence-electron chi connectivity index (χ1n) is 21.0. The summed E-state index contributed by atoms with van der Waals surface area (Å²) in [6.45, 7) is 13.2. The summed E-state index contributed by atoms with van der Waals surface area (Å²) in [4.78, 5) is 5.00. The van der Waals surface area contributed by atoms with E-state index in [-0.39, 0.29) is 5.92 Å². The van der Waals surface area contributed by atoms with Crippen molar-refractivity contribution in [1.29, 1.82) is 0 Å². The first-order valence-corrected chi connectivity index (χ1v) is 21.8. The van der Waals surface area contributed by atoms with Gasteiger partial charge in [-0.05, 0) is 139 Å². The van der Waals surface area contributed by atoms with E-state index in [0.29, 0.717) is 0 Å². The summed E-state index contributed by atoms with van der Waals surface area (Å²) in [6.07, 6.45) is 28.4. The third-order valence-corrected chi connectivity index (χ3v) is 13.4. The zero-order valence-electron chi connectivity index (χ0n) is 35.3. The lowest BCUT2D eigenvalue weighted by atomic mass is 9.80. The Labute approximate surface area is 354 Å². The van der Waals surface area contributed by atoms with Crippen molar-refractivity contribution in [3.63, 3.8) is 0 Å². The van der Waals surface area contributed by atoms with Crippen LogP contribution < -0.4 is 15.5 Å². The Morgan fingerprint density at radius 2 is 1.54 bits per heavy atom. The summed E-state index contributed by atoms with van der Waals surface area (Å²) in [5.74, 6) is 0.278. The fraction of sp³-hybridized carbons (Fsp3) is 0.196. The van der Waals surface area contributed by atoms with Crippen LogP contribution in [0.5, 0.6) is 0 Å². The average Bonchev–Trinajstić information content (AvgIpc) is 3.75. The van der Waals surface area contributed by atoms with Gasteiger partial charge in [-0.2, -0.15) is 0 Å². The van der Waals surface area contributed by atoms with Gasteiger partial charge in [-0.1, -0.05) is 146 Å². The Morgan fingerprint density at radius 3 is 2.36 bits per heavy atom. The highest BCUT2D eigenvalue weighted by atomic mass is 32.1. The van der Waals surface area contributed by atoms with E-state index < -0.39 is 0 Å². The van der Waals surface area contributed by atoms with Crippen LogP contribution in [0.4, 0.5) is 0 Å². The molecule has 294 valence electrons. The third kappa shape index (κ3) is 7.92. The zero-order valence-corrected chi connectivity index (χ0v) is 36.1. The van der Waals surface area contributed by atoms with Gasteiger partial charge in [-0.15, -0.1) is 11.3 Å². The number of aliphatic imine (C=N–C) groups is 1. The summed E-state index contributed by atoms with van der Waals surface area (Å²) in [5.41, 5.74) is 24.2. The zero-order chi connectivity index (χ0) is 41.0. The standard InChI is InChI=1S/C31H32.C25H22N2S/c1-6-7-8-9-14-21(2)29-23(4)24(5)31(28-18-13-12-17-27(28)29)30-22(3)19-20-25-15-10-11-16-26(25)30;1-16(27-22-14-18-9-3-4-10-19(18)25(22)26)17-8-2-5-12-21-20-11-6-7-13-23(20)28-24(21)15-17/h6-9,11-14,16-20H,10,15H2,1-5H3;2-7,9-13,15,17H,8,14,26H2,1H3/b7-6+,9-8-,21-14+;5-2-,21-12-,24-15-,27-16?. The van der Waals surface area contributed by atoms with Crippen molar-refractivity contribution in [2.24, 2.45) is 16.6 Å². The van der Waals surface area contributed by atoms with Crippen molar-refractivity contribution < 1.29 is 0 Å². The quantitative estimate of drug-likeness (QED) is 0.133. The molecule has 3 aliphatic carbocycles. The van der Waals surface area contributed by atoms with E-state index in [1.54, 1.807) is 0 Å². The number of nitrogens with two attached hydrogens (primary N) is 1. The minimum absolute atomic E-state index is 0.278. The molecular weight excluding hydrogens is 733 g/mol. The van der Waals surface area contributed by atoms with E-state index in [1.807, 2.05) is 24.3 Å². The van der Waals surface area contributed by atoms with Crippen LogP contribution in [0.1, 0.15) is 78.1 Å². The fourth-order valence-corrected chi connectivity index (χ4v) is 10.2. The second kappa shape index (κ2) is 17.4. The number of rotatable bonds is 6. The van der Waals surface area contributed by atoms with Crippen molar-refractivity contribution in [3.05, 3.63) is 193 Å². The van der Waals surface area contributed by atoms with Gasteiger partial charge in [-0.3, -0.25) is 4.99 Å². The van der Waals surface area contributed by atoms with Crippen LogP contribution in [0.25, 0.3) is 61.5 Å². The van der Waals surface area contributed by atoms with Gasteiger partial charge >= 0.3 is 0 Å². The normalized spacial score (nSPS) is 18.1. The van der Waals surface area contributed by atoms with Crippen LogP contribution in [-0.2, 0) is 12.8 Å². The molecule has 9 rings (SSSR count). The Hall–Kier alpha value is -6.03. The van der Waals surface area contributed by atoms with E-state index in [1.165, 1.54) is 86.3 Å². The molecule has 1 aromatic heterocycles. The number of allylic oxidation sites excluding steroid dienone is 10. The van der Waals surface area contributed by atoms with Crippen molar-refractivity contribution in [2.75, 3.05) is 0 Å². The van der Waals surface area contributed by atoms with Gasteiger partial charge in [0.25, 0.3) is 0 Å². The van der Waals surface area contributed by atoms with Gasteiger partial charge in [0.2, 0.25) is 0 Å². The maximum Gasteiger partial charge on any atom is 0.0682 e. The lowest BCUT2D eigenvalue weighted by molar-refractivity contribution is 0.911. The van der Waals surface area contributed by atoms with E-state index >= 15 is 0 Å². The first-order chi connectivity index (χ1) is 28.7. The molecule has 59 heavy (non-hydrogen) atoms. The van der Waals surface area contributed by atoms with Crippen molar-refractivity contribution in [3.8, 4) is 11.1 Å². The molecule has 0 fully saturated rings. The molecule has 0 bridgehead atoms. The molecule has 2 nitrogen and oxygen atoms in total. The molecule has 1 unspecified atom stereocenters. The summed E-state index contributed by atoms with van der Waals surface area (Å²) < 4.78 is 2.67. The molecule has 1 atom stereocenters. The van der Waals surface area contributed by atoms with Crippen LogP contribution >= 0.6 is 11.3 Å². The smallest absolute Gasteiger partial charge is 0.0682 e. The molecular formula is C56H54N2S. The Morgan fingerprint density at radius 1 is 0.780 bits per heavy atom. The van der Waals surface area contributed by atoms with Crippen LogP contribution in [0.15, 0.2) is 144 Å². The van der Waals surface area contributed by atoms with E-state index in [4.69, 9.17) is 10.7 Å². The predicted octanol–water partition coefficient (Wildman–Crippen LogP) is 13.3. The Balaban J connectivity index is 0.000000165. The van der Waals surface area contributed by atoms with E-state index in [0.717, 1.165) is 48.4 Å². The number of hydrogen-bond donors (Lipinski definition) is 1. The summed E-state index contributed by atoms with van der Waals surface area (Å²) in [6, 6.07) is 30.5. The molecule has 0 aliphatic heterocycles. The molecule has 3 aliphatic rings. The molecule has 0 saturated carbocycles. The van der Waals surface area contributed by atoms with E-state index in [9.17, 15) is 0 Å². The number of nitrogens with zero attached hydrogens (tertiary/aromatic N) is 1. The van der Waals surface area contributed by atoms with Crippen LogP contribution in [0, 0.1) is 26.7 Å². The maximum absolute atomic E-state index is 6.40. The number of aryl methyl sites for hydroxylation is 2. The number of hydrogen-bond acceptors (Lipinski definition) is 3. The lowest BCUT2D eigenvalue weighted by Crippen LogP contribution is -2.23. The van der Waals surface area contributed by atoms with Crippen molar-refractivity contribution in [1.82, 2.24) is 0 Å². The Bertz CT molecular complexity index is 2950. The largest absolute Gasteiger partial charge is 0.397 e. The highest BCUT2D eigenvalue weighted by Crippen LogP contribution is 2.43. The van der Waals surface area contributed by atoms with Gasteiger partial charge in [0.15, 0.2) is 0 Å². The molecule has 0 spiro atoms. The first kappa shape index (κ1) is 39.8. The molecule has 0 amide bonds. The van der Waals surface area contributed by atoms with Crippen LogP contribution in [0.3, 0.4) is 0 Å². The average molecular weight is 787 g/mol. The third-order valence-electron chi connectivity index (χ3n) is 12.2. The minimum Gasteiger partial charge on any atom is -0.397 e. The van der Waals surface area contributed by atoms with Gasteiger partial charge < -0.3 is 5.73 Å². The SMILES string of the molecule is C/C=C/C=C\C=C(/C)c1c(C)c(C)c(-c2c(C)ccc3c2C=CCC3)c2ccccc12.CC(=NC1=C(N)c2ccccc2C1)C1\C=c2/sc3ccccc3/c2=C/C=C\C1. The minimum atomic E-state index is 0.278. The Kier molecular flexibility index (Phi) is 11.8. The van der Waals surface area contributed by atoms with Gasteiger partial charge in [0, 0.05) is 38.2 Å². The van der Waals surface area contributed by atoms with Crippen LogP contribution in [0.2, 0.25) is 0 Å². The summed E-state index contributed by atoms with van der Waals surface area (Å²) in [5, 5.41) is 5.34. The van der Waals surface area contributed by atoms with Crippen LogP contribution in [-0.4, -0.2) is 5.71 Å². The second-order valence-corrected chi connectivity index (χ2v) is 17.1. The predicted molar refractivity (Wildman–Crippen MR) is 260 cm³/mol. The molecule has 5 aromatic carbocycles. The molecule has 6 aromatic rings. The highest BCUT2D eigenvalue weighted by Gasteiger charge is 2.22. The van der Waals surface area contributed by atoms with Gasteiger partial charge in [-0.25, -0.2) is 0 Å². The maximum atomic E-state index is 6.40. The fourth-order valence-electron chi connectivity index (χ4n) is 9.01. The number of thiophene rings is 1. The number of benzene rings is 5. The molecule has 3 heteroatoms. The molecule has 0 radical (unpaired) electrons. The number of fused-ring (bicyclic) bond motifs is 6. The molecule has 2 N–H and O–H groups in total.